The van der Waals surface area contributed by atoms with Gasteiger partial charge in [0.15, 0.2) is 0 Å². The van der Waals surface area contributed by atoms with Gasteiger partial charge in [0.25, 0.3) is 0 Å². The molecule has 1 unspecified atom stereocenters. The normalized spacial score (nSPS) is 19.6. The lowest BCUT2D eigenvalue weighted by Crippen LogP contribution is -2.34. The number of nitrogens with zero attached hydrogens (tertiary/aromatic N) is 1. The highest BCUT2D eigenvalue weighted by atomic mass is 16.4. The minimum atomic E-state index is -0.679. The Morgan fingerprint density at radius 1 is 1.46 bits per heavy atom. The number of hydrogen-bond acceptors (Lipinski definition) is 2. The Bertz CT molecular complexity index is 203. The van der Waals surface area contributed by atoms with Crippen LogP contribution in [0, 0.1) is 11.8 Å². The van der Waals surface area contributed by atoms with E-state index in [2.05, 4.69) is 17.1 Å². The van der Waals surface area contributed by atoms with Gasteiger partial charge in [0.05, 0.1) is 5.92 Å². The first-order valence-electron chi connectivity index (χ1n) is 4.71. The van der Waals surface area contributed by atoms with Crippen LogP contribution in [0.2, 0.25) is 0 Å². The third kappa shape index (κ3) is 2.84. The fourth-order valence-electron chi connectivity index (χ4n) is 1.52. The molecule has 0 aromatic heterocycles. The molecule has 0 bridgehead atoms. The summed E-state index contributed by atoms with van der Waals surface area (Å²) in [6.07, 6.45) is 4.17. The Morgan fingerprint density at radius 3 is 2.38 bits per heavy atom. The standard InChI is InChI=1S/C10H17NO2/c1-8(2)9(10(12)13)7-11-5-3-4-6-11/h3-4,8-9H,5-7H2,1-2H3,(H,12,13). The van der Waals surface area contributed by atoms with Crippen molar-refractivity contribution in [2.24, 2.45) is 11.8 Å². The van der Waals surface area contributed by atoms with Gasteiger partial charge in [0.1, 0.15) is 0 Å². The van der Waals surface area contributed by atoms with Crippen molar-refractivity contribution in [2.45, 2.75) is 13.8 Å². The Hall–Kier alpha value is -0.830. The van der Waals surface area contributed by atoms with Gasteiger partial charge in [-0.3, -0.25) is 9.69 Å². The second-order valence-electron chi connectivity index (χ2n) is 3.88. The van der Waals surface area contributed by atoms with Crippen LogP contribution in [0.15, 0.2) is 12.2 Å². The van der Waals surface area contributed by atoms with Gasteiger partial charge in [-0.25, -0.2) is 0 Å². The van der Waals surface area contributed by atoms with E-state index in [1.54, 1.807) is 0 Å². The fraction of sp³-hybridized carbons (Fsp3) is 0.700. The van der Waals surface area contributed by atoms with E-state index in [1.807, 2.05) is 13.8 Å². The van der Waals surface area contributed by atoms with E-state index in [0.717, 1.165) is 13.1 Å². The Morgan fingerprint density at radius 2 is 2.00 bits per heavy atom. The minimum absolute atomic E-state index is 0.207. The minimum Gasteiger partial charge on any atom is -0.481 e. The van der Waals surface area contributed by atoms with E-state index in [4.69, 9.17) is 5.11 Å². The average Bonchev–Trinajstić information content (AvgIpc) is 2.50. The molecule has 0 aromatic rings. The van der Waals surface area contributed by atoms with Crippen molar-refractivity contribution in [1.29, 1.82) is 0 Å². The zero-order valence-electron chi connectivity index (χ0n) is 8.23. The highest BCUT2D eigenvalue weighted by Crippen LogP contribution is 2.14. The topological polar surface area (TPSA) is 40.5 Å². The molecule has 0 aromatic carbocycles. The second kappa shape index (κ2) is 4.42. The van der Waals surface area contributed by atoms with Gasteiger partial charge in [-0.05, 0) is 5.92 Å². The molecule has 0 radical (unpaired) electrons. The lowest BCUT2D eigenvalue weighted by atomic mass is 9.95. The molecular formula is C10H17NO2. The van der Waals surface area contributed by atoms with Gasteiger partial charge in [0, 0.05) is 19.6 Å². The van der Waals surface area contributed by atoms with Gasteiger partial charge in [-0.1, -0.05) is 26.0 Å². The van der Waals surface area contributed by atoms with Crippen LogP contribution in [0.25, 0.3) is 0 Å². The summed E-state index contributed by atoms with van der Waals surface area (Å²) in [7, 11) is 0. The van der Waals surface area contributed by atoms with Crippen LogP contribution in [0.4, 0.5) is 0 Å². The number of hydrogen-bond donors (Lipinski definition) is 1. The van der Waals surface area contributed by atoms with Crippen molar-refractivity contribution in [3.05, 3.63) is 12.2 Å². The van der Waals surface area contributed by atoms with Crippen LogP contribution in [0.1, 0.15) is 13.8 Å². The van der Waals surface area contributed by atoms with Crippen molar-refractivity contribution in [2.75, 3.05) is 19.6 Å². The molecule has 13 heavy (non-hydrogen) atoms. The number of aliphatic carboxylic acids is 1. The lowest BCUT2D eigenvalue weighted by molar-refractivity contribution is -0.143. The quantitative estimate of drug-likeness (QED) is 0.666. The highest BCUT2D eigenvalue weighted by Gasteiger charge is 2.24. The van der Waals surface area contributed by atoms with Gasteiger partial charge in [0.2, 0.25) is 0 Å². The molecular weight excluding hydrogens is 166 g/mol. The zero-order chi connectivity index (χ0) is 9.84. The maximum absolute atomic E-state index is 10.9. The van der Waals surface area contributed by atoms with Gasteiger partial charge in [-0.15, -0.1) is 0 Å². The monoisotopic (exact) mass is 183 g/mol. The molecule has 1 atom stereocenters. The van der Waals surface area contributed by atoms with Crippen LogP contribution in [0.3, 0.4) is 0 Å². The average molecular weight is 183 g/mol. The maximum atomic E-state index is 10.9. The molecule has 0 aliphatic carbocycles. The van der Waals surface area contributed by atoms with Crippen molar-refractivity contribution in [3.8, 4) is 0 Å². The lowest BCUT2D eigenvalue weighted by Gasteiger charge is -2.22. The number of carboxylic acids is 1. The molecule has 1 N–H and O–H groups in total. The summed E-state index contributed by atoms with van der Waals surface area (Å²) in [6.45, 7) is 6.39. The molecule has 0 saturated heterocycles. The molecule has 1 aliphatic rings. The van der Waals surface area contributed by atoms with Crippen molar-refractivity contribution >= 4 is 5.97 Å². The van der Waals surface area contributed by atoms with E-state index >= 15 is 0 Å². The van der Waals surface area contributed by atoms with E-state index in [0.29, 0.717) is 6.54 Å². The maximum Gasteiger partial charge on any atom is 0.308 e. The van der Waals surface area contributed by atoms with Crippen LogP contribution in [0.5, 0.6) is 0 Å². The molecule has 3 heteroatoms. The van der Waals surface area contributed by atoms with Crippen LogP contribution >= 0.6 is 0 Å². The third-order valence-corrected chi connectivity index (χ3v) is 2.47. The third-order valence-electron chi connectivity index (χ3n) is 2.47. The van der Waals surface area contributed by atoms with Crippen LogP contribution in [-0.2, 0) is 4.79 Å². The largest absolute Gasteiger partial charge is 0.481 e. The van der Waals surface area contributed by atoms with Crippen molar-refractivity contribution in [1.82, 2.24) is 4.90 Å². The predicted octanol–water partition coefficient (Wildman–Crippen LogP) is 1.21. The van der Waals surface area contributed by atoms with Crippen LogP contribution in [-0.4, -0.2) is 35.6 Å². The van der Waals surface area contributed by atoms with Gasteiger partial charge in [-0.2, -0.15) is 0 Å². The summed E-state index contributed by atoms with van der Waals surface area (Å²) < 4.78 is 0. The summed E-state index contributed by atoms with van der Waals surface area (Å²) in [4.78, 5) is 13.0. The Kier molecular flexibility index (Phi) is 3.48. The van der Waals surface area contributed by atoms with Crippen LogP contribution < -0.4 is 0 Å². The molecule has 0 fully saturated rings. The van der Waals surface area contributed by atoms with Gasteiger partial charge >= 0.3 is 5.97 Å². The Labute approximate surface area is 79.0 Å². The zero-order valence-corrected chi connectivity index (χ0v) is 8.23. The summed E-state index contributed by atoms with van der Waals surface area (Å²) in [5.41, 5.74) is 0. The molecule has 0 spiro atoms. The first kappa shape index (κ1) is 10.3. The number of carboxylic acid groups (broad SMARTS) is 1. The van der Waals surface area contributed by atoms with Crippen molar-refractivity contribution < 1.29 is 9.90 Å². The number of carbonyl (C=O) groups is 1. The molecule has 0 saturated carbocycles. The number of rotatable bonds is 4. The molecule has 1 aliphatic heterocycles. The summed E-state index contributed by atoms with van der Waals surface area (Å²) in [5, 5.41) is 8.96. The SMILES string of the molecule is CC(C)C(CN1CC=CC1)C(=O)O. The fourth-order valence-corrected chi connectivity index (χ4v) is 1.52. The molecule has 0 amide bonds. The summed E-state index contributed by atoms with van der Waals surface area (Å²) in [6, 6.07) is 0. The molecule has 1 heterocycles. The smallest absolute Gasteiger partial charge is 0.308 e. The van der Waals surface area contributed by atoms with Crippen molar-refractivity contribution in [3.63, 3.8) is 0 Å². The first-order valence-corrected chi connectivity index (χ1v) is 4.71. The highest BCUT2D eigenvalue weighted by molar-refractivity contribution is 5.70. The molecule has 3 nitrogen and oxygen atoms in total. The summed E-state index contributed by atoms with van der Waals surface area (Å²) in [5.74, 6) is -0.708. The summed E-state index contributed by atoms with van der Waals surface area (Å²) >= 11 is 0. The van der Waals surface area contributed by atoms with E-state index in [9.17, 15) is 4.79 Å². The van der Waals surface area contributed by atoms with Gasteiger partial charge < -0.3 is 5.11 Å². The Balaban J connectivity index is 2.42. The van der Waals surface area contributed by atoms with E-state index in [1.165, 1.54) is 0 Å². The van der Waals surface area contributed by atoms with E-state index in [-0.39, 0.29) is 11.8 Å². The first-order chi connectivity index (χ1) is 6.11. The molecule has 1 rings (SSSR count). The second-order valence-corrected chi connectivity index (χ2v) is 3.88. The molecule has 74 valence electrons. The predicted molar refractivity (Wildman–Crippen MR) is 51.5 cm³/mol. The van der Waals surface area contributed by atoms with E-state index < -0.39 is 5.97 Å².